The Morgan fingerprint density at radius 3 is 2.64 bits per heavy atom. The topological polar surface area (TPSA) is 151 Å². The zero-order chi connectivity index (χ0) is 32.2. The molecule has 11 nitrogen and oxygen atoms in total. The van der Waals surface area contributed by atoms with Crippen LogP contribution in [0.1, 0.15) is 62.6 Å². The van der Waals surface area contributed by atoms with E-state index in [9.17, 15) is 24.9 Å². The molecule has 1 fully saturated rings. The third kappa shape index (κ3) is 6.91. The average Bonchev–Trinajstić information content (AvgIpc) is 3.69. The Hall–Kier alpha value is -3.38. The lowest BCUT2D eigenvalue weighted by atomic mass is 9.75. The standard InChI is InChI=1S/C34H46N2O9/c1-19(2)23-6-5-20(3)11-27(23)44-18-29(39)36(15-21-7-10-43-17-21)26-14-25(34(41)35-8-9-37)30-24-12-22(16-38)13-28(42-4)32(24)45-33(30)31(26)40/h7,10,12-14,17,19-20,23,26-27,30-31,33,37-38,40H,5-6,8-9,11,15-16,18H2,1-4H3,(H,35,41). The molecule has 1 saturated carbocycles. The summed E-state index contributed by atoms with van der Waals surface area (Å²) < 4.78 is 23.5. The zero-order valence-corrected chi connectivity index (χ0v) is 26.5. The number of fused-ring (bicyclic) bond motifs is 3. The highest BCUT2D eigenvalue weighted by atomic mass is 16.5. The van der Waals surface area contributed by atoms with E-state index in [2.05, 4.69) is 26.1 Å². The summed E-state index contributed by atoms with van der Waals surface area (Å²) in [5.74, 6) is 0.519. The predicted octanol–water partition coefficient (Wildman–Crippen LogP) is 2.91. The van der Waals surface area contributed by atoms with Crippen LogP contribution < -0.4 is 14.8 Å². The normalized spacial score (nSPS) is 27.3. The fraction of sp³-hybridized carbons (Fsp3) is 0.588. The summed E-state index contributed by atoms with van der Waals surface area (Å²) in [6.45, 7) is 6.03. The van der Waals surface area contributed by atoms with E-state index in [0.717, 1.165) is 19.3 Å². The number of ether oxygens (including phenoxy) is 3. The molecule has 2 amide bonds. The number of benzene rings is 1. The summed E-state index contributed by atoms with van der Waals surface area (Å²) in [5.41, 5.74) is 2.15. The third-order valence-electron chi connectivity index (χ3n) is 9.49. The van der Waals surface area contributed by atoms with Gasteiger partial charge in [0.05, 0.1) is 50.9 Å². The van der Waals surface area contributed by atoms with Gasteiger partial charge in [-0.3, -0.25) is 9.59 Å². The average molecular weight is 627 g/mol. The van der Waals surface area contributed by atoms with Crippen LogP contribution in [0.4, 0.5) is 0 Å². The molecule has 2 aromatic rings. The molecule has 5 rings (SSSR count). The second-order valence-electron chi connectivity index (χ2n) is 12.8. The van der Waals surface area contributed by atoms with Crippen LogP contribution in [0, 0.1) is 17.8 Å². The van der Waals surface area contributed by atoms with Gasteiger partial charge in [-0.15, -0.1) is 0 Å². The minimum absolute atomic E-state index is 0.0246. The molecule has 2 aliphatic carbocycles. The maximum Gasteiger partial charge on any atom is 0.249 e. The van der Waals surface area contributed by atoms with Crippen molar-refractivity contribution in [2.45, 2.75) is 83.5 Å². The van der Waals surface area contributed by atoms with E-state index in [1.54, 1.807) is 30.5 Å². The third-order valence-corrected chi connectivity index (χ3v) is 9.49. The van der Waals surface area contributed by atoms with E-state index in [1.165, 1.54) is 18.3 Å². The molecule has 1 aromatic carbocycles. The Morgan fingerprint density at radius 1 is 1.18 bits per heavy atom. The van der Waals surface area contributed by atoms with E-state index >= 15 is 0 Å². The lowest BCUT2D eigenvalue weighted by Gasteiger charge is -2.41. The molecule has 2 heterocycles. The van der Waals surface area contributed by atoms with Crippen LogP contribution in [-0.4, -0.2) is 83.3 Å². The van der Waals surface area contributed by atoms with Gasteiger partial charge in [0.1, 0.15) is 18.8 Å². The first-order valence-corrected chi connectivity index (χ1v) is 15.9. The predicted molar refractivity (Wildman–Crippen MR) is 164 cm³/mol. The van der Waals surface area contributed by atoms with E-state index in [-0.39, 0.29) is 50.5 Å². The second kappa shape index (κ2) is 14.4. The summed E-state index contributed by atoms with van der Waals surface area (Å²) >= 11 is 0. The van der Waals surface area contributed by atoms with Crippen molar-refractivity contribution in [3.8, 4) is 11.5 Å². The summed E-state index contributed by atoms with van der Waals surface area (Å²) in [6.07, 6.45) is 5.53. The first-order valence-electron chi connectivity index (χ1n) is 15.9. The van der Waals surface area contributed by atoms with Crippen LogP contribution in [0.2, 0.25) is 0 Å². The van der Waals surface area contributed by atoms with E-state index in [4.69, 9.17) is 18.6 Å². The molecule has 0 saturated heterocycles. The van der Waals surface area contributed by atoms with Crippen molar-refractivity contribution in [1.82, 2.24) is 10.2 Å². The largest absolute Gasteiger partial charge is 0.493 e. The number of nitrogens with zero attached hydrogens (tertiary/aromatic N) is 1. The lowest BCUT2D eigenvalue weighted by molar-refractivity contribution is -0.148. The fourth-order valence-electron chi connectivity index (χ4n) is 7.13. The number of rotatable bonds is 12. The van der Waals surface area contributed by atoms with Crippen molar-refractivity contribution in [3.63, 3.8) is 0 Å². The Morgan fingerprint density at radius 2 is 1.98 bits per heavy atom. The van der Waals surface area contributed by atoms with Crippen molar-refractivity contribution < 1.29 is 43.5 Å². The van der Waals surface area contributed by atoms with Crippen molar-refractivity contribution in [2.24, 2.45) is 17.8 Å². The fourth-order valence-corrected chi connectivity index (χ4v) is 7.13. The number of nitrogens with one attached hydrogen (secondary N) is 1. The molecule has 1 aromatic heterocycles. The van der Waals surface area contributed by atoms with Gasteiger partial charge in [-0.1, -0.05) is 27.2 Å². The quantitative estimate of drug-likeness (QED) is 0.279. The first-order chi connectivity index (χ1) is 21.7. The molecule has 7 atom stereocenters. The minimum atomic E-state index is -1.23. The first kappa shape index (κ1) is 33.0. The Labute approximate surface area is 264 Å². The molecule has 1 aliphatic heterocycles. The van der Waals surface area contributed by atoms with Crippen LogP contribution in [0.25, 0.3) is 0 Å². The van der Waals surface area contributed by atoms with Gasteiger partial charge in [0.25, 0.3) is 0 Å². The molecule has 3 aliphatic rings. The van der Waals surface area contributed by atoms with Gasteiger partial charge >= 0.3 is 0 Å². The van der Waals surface area contributed by atoms with Crippen molar-refractivity contribution in [3.05, 3.63) is 59.1 Å². The highest BCUT2D eigenvalue weighted by Gasteiger charge is 2.51. The van der Waals surface area contributed by atoms with Crippen LogP contribution in [-0.2, 0) is 27.5 Å². The number of hydrogen-bond donors (Lipinski definition) is 4. The van der Waals surface area contributed by atoms with Gasteiger partial charge in [-0.25, -0.2) is 0 Å². The Balaban J connectivity index is 1.50. The highest BCUT2D eigenvalue weighted by Crippen LogP contribution is 2.51. The molecular weight excluding hydrogens is 580 g/mol. The maximum atomic E-state index is 14.1. The molecule has 0 bridgehead atoms. The molecule has 0 radical (unpaired) electrons. The molecule has 0 spiro atoms. The van der Waals surface area contributed by atoms with E-state index in [0.29, 0.717) is 45.9 Å². The summed E-state index contributed by atoms with van der Waals surface area (Å²) in [6, 6.07) is 4.19. The number of aliphatic hydroxyl groups is 3. The zero-order valence-electron chi connectivity index (χ0n) is 26.5. The number of hydrogen-bond acceptors (Lipinski definition) is 9. The molecule has 7 unspecified atom stereocenters. The Kier molecular flexibility index (Phi) is 10.5. The number of furan rings is 1. The van der Waals surface area contributed by atoms with Crippen LogP contribution in [0.3, 0.4) is 0 Å². The van der Waals surface area contributed by atoms with Gasteiger partial charge in [0, 0.05) is 29.8 Å². The molecular formula is C34H46N2O9. The molecule has 11 heteroatoms. The molecule has 45 heavy (non-hydrogen) atoms. The number of carbonyl (C=O) groups excluding carboxylic acids is 2. The van der Waals surface area contributed by atoms with Crippen LogP contribution in [0.15, 0.2) is 46.8 Å². The highest BCUT2D eigenvalue weighted by molar-refractivity contribution is 5.96. The SMILES string of the molecule is COc1cc(CO)cc2c1OC1C2C(C(=O)NCCO)=CC(N(Cc2ccoc2)C(=O)COC2CC(C)CCC2C(C)C)C1O. The Bertz CT molecular complexity index is 1360. The summed E-state index contributed by atoms with van der Waals surface area (Å²) in [4.78, 5) is 29.2. The van der Waals surface area contributed by atoms with Gasteiger partial charge in [-0.05, 0) is 60.4 Å². The number of aliphatic hydroxyl groups excluding tert-OH is 3. The molecule has 246 valence electrons. The van der Waals surface area contributed by atoms with Gasteiger partial charge in [0.2, 0.25) is 11.8 Å². The second-order valence-corrected chi connectivity index (χ2v) is 12.8. The van der Waals surface area contributed by atoms with Gasteiger partial charge in [0.15, 0.2) is 11.5 Å². The monoisotopic (exact) mass is 626 g/mol. The number of carbonyl (C=O) groups is 2. The van der Waals surface area contributed by atoms with Gasteiger partial charge < -0.3 is 44.2 Å². The minimum Gasteiger partial charge on any atom is -0.493 e. The molecule has 4 N–H and O–H groups in total. The van der Waals surface area contributed by atoms with Crippen molar-refractivity contribution in [2.75, 3.05) is 26.9 Å². The van der Waals surface area contributed by atoms with Gasteiger partial charge in [-0.2, -0.15) is 0 Å². The van der Waals surface area contributed by atoms with E-state index in [1.807, 2.05) is 0 Å². The lowest BCUT2D eigenvalue weighted by Crippen LogP contribution is -2.56. The maximum absolute atomic E-state index is 14.1. The van der Waals surface area contributed by atoms with Crippen molar-refractivity contribution >= 4 is 11.8 Å². The number of methoxy groups -OCH3 is 1. The summed E-state index contributed by atoms with van der Waals surface area (Å²) in [5, 5.41) is 33.9. The van der Waals surface area contributed by atoms with Crippen molar-refractivity contribution in [1.29, 1.82) is 0 Å². The number of amides is 2. The summed E-state index contributed by atoms with van der Waals surface area (Å²) in [7, 11) is 1.48. The smallest absolute Gasteiger partial charge is 0.249 e. The van der Waals surface area contributed by atoms with E-state index < -0.39 is 30.1 Å². The van der Waals surface area contributed by atoms with Crippen LogP contribution in [0.5, 0.6) is 11.5 Å². The van der Waals surface area contributed by atoms with Crippen LogP contribution >= 0.6 is 0 Å².